The first-order valence-electron chi connectivity index (χ1n) is 7.85. The first-order valence-corrected chi connectivity index (χ1v) is 7.85. The number of carbonyl (C=O) groups excluding carboxylic acids is 3. The topological polar surface area (TPSA) is 69.7 Å². The van der Waals surface area contributed by atoms with Gasteiger partial charge >= 0.3 is 11.9 Å². The van der Waals surface area contributed by atoms with Gasteiger partial charge in [0.05, 0.1) is 0 Å². The fourth-order valence-corrected chi connectivity index (χ4v) is 5.03. The van der Waals surface area contributed by atoms with Gasteiger partial charge in [0.2, 0.25) is 0 Å². The Morgan fingerprint density at radius 3 is 2.82 bits per heavy atom. The third-order valence-electron chi connectivity index (χ3n) is 5.83. The summed E-state index contributed by atoms with van der Waals surface area (Å²) >= 11 is 0. The average molecular weight is 306 g/mol. The van der Waals surface area contributed by atoms with Gasteiger partial charge in [-0.05, 0) is 31.6 Å². The molecule has 5 heteroatoms. The van der Waals surface area contributed by atoms with E-state index in [-0.39, 0.29) is 17.3 Å². The maximum atomic E-state index is 12.6. The molecule has 0 amide bonds. The summed E-state index contributed by atoms with van der Waals surface area (Å²) in [4.78, 5) is 35.7. The van der Waals surface area contributed by atoms with E-state index in [9.17, 15) is 14.4 Å². The van der Waals surface area contributed by atoms with Gasteiger partial charge < -0.3 is 9.47 Å². The summed E-state index contributed by atoms with van der Waals surface area (Å²) in [6, 6.07) is 0. The maximum Gasteiger partial charge on any atom is 0.344 e. The predicted molar refractivity (Wildman–Crippen MR) is 77.7 cm³/mol. The van der Waals surface area contributed by atoms with Crippen LogP contribution in [-0.2, 0) is 23.9 Å². The second-order valence-electron chi connectivity index (χ2n) is 7.36. The van der Waals surface area contributed by atoms with E-state index in [1.54, 1.807) is 0 Å². The number of ketones is 1. The zero-order valence-electron chi connectivity index (χ0n) is 13.1. The molecular formula is C17H22O5. The Balaban J connectivity index is 1.75. The van der Waals surface area contributed by atoms with Crippen LogP contribution in [0.5, 0.6) is 0 Å². The molecule has 0 N–H and O–H groups in total. The van der Waals surface area contributed by atoms with E-state index in [0.29, 0.717) is 18.1 Å². The molecular weight excluding hydrogens is 284 g/mol. The summed E-state index contributed by atoms with van der Waals surface area (Å²) in [5.41, 5.74) is -0.942. The van der Waals surface area contributed by atoms with Gasteiger partial charge in [-0.25, -0.2) is 9.59 Å². The lowest BCUT2D eigenvalue weighted by Gasteiger charge is -2.62. The zero-order chi connectivity index (χ0) is 16.1. The Morgan fingerprint density at radius 1 is 1.41 bits per heavy atom. The van der Waals surface area contributed by atoms with E-state index in [2.05, 4.69) is 6.58 Å². The normalized spacial score (nSPS) is 42.1. The minimum atomic E-state index is -0.641. The number of esters is 2. The molecule has 4 saturated carbocycles. The van der Waals surface area contributed by atoms with Gasteiger partial charge in [0.15, 0.2) is 6.61 Å². The molecule has 5 nitrogen and oxygen atoms in total. The molecule has 4 bridgehead atoms. The number of ether oxygens (including phenoxy) is 2. The number of rotatable bonds is 4. The molecule has 0 saturated heterocycles. The Bertz CT molecular complexity index is 553. The second-order valence-corrected chi connectivity index (χ2v) is 7.36. The molecule has 22 heavy (non-hydrogen) atoms. The lowest BCUT2D eigenvalue weighted by molar-refractivity contribution is -0.219. The van der Waals surface area contributed by atoms with Crippen LogP contribution in [0.4, 0.5) is 0 Å². The van der Waals surface area contributed by atoms with Crippen LogP contribution in [-0.4, -0.2) is 29.9 Å². The Labute approximate surface area is 130 Å². The number of carbonyl (C=O) groups is 3. The molecule has 0 spiro atoms. The van der Waals surface area contributed by atoms with E-state index in [1.807, 2.05) is 13.8 Å². The molecule has 0 aliphatic heterocycles. The summed E-state index contributed by atoms with van der Waals surface area (Å²) < 4.78 is 10.5. The quantitative estimate of drug-likeness (QED) is 0.587. The van der Waals surface area contributed by atoms with Crippen molar-refractivity contribution < 1.29 is 23.9 Å². The lowest BCUT2D eigenvalue weighted by atomic mass is 9.44. The molecule has 0 aromatic carbocycles. The average Bonchev–Trinajstić information content (AvgIpc) is 2.46. The standard InChI is InChI=1S/C17H22O5/c1-4-13(18)21-8-14(19)22-17-7-11-5-12(10(17)2)15(20)16(3,6-11)9-17/h4,10-12H,1,5-9H2,2-3H3. The van der Waals surface area contributed by atoms with Crippen LogP contribution in [0.15, 0.2) is 12.7 Å². The Kier molecular flexibility index (Phi) is 3.42. The Hall–Kier alpha value is -1.65. The molecule has 4 aliphatic rings. The molecule has 5 atom stereocenters. The Morgan fingerprint density at radius 2 is 2.14 bits per heavy atom. The molecule has 120 valence electrons. The third-order valence-corrected chi connectivity index (χ3v) is 5.83. The summed E-state index contributed by atoms with van der Waals surface area (Å²) in [5, 5.41) is 0. The van der Waals surface area contributed by atoms with E-state index in [0.717, 1.165) is 25.3 Å². The van der Waals surface area contributed by atoms with Gasteiger partial charge in [0, 0.05) is 23.3 Å². The largest absolute Gasteiger partial charge is 0.456 e. The first kappa shape index (κ1) is 15.3. The van der Waals surface area contributed by atoms with Crippen LogP contribution in [0.3, 0.4) is 0 Å². The van der Waals surface area contributed by atoms with Gasteiger partial charge in [-0.3, -0.25) is 4.79 Å². The van der Waals surface area contributed by atoms with Crippen LogP contribution in [0.1, 0.15) is 39.5 Å². The predicted octanol–water partition coefficient (Wildman–Crippen LogP) is 2.04. The van der Waals surface area contributed by atoms with Crippen LogP contribution in [0.25, 0.3) is 0 Å². The first-order chi connectivity index (χ1) is 10.3. The monoisotopic (exact) mass is 306 g/mol. The second kappa shape index (κ2) is 4.93. The fraction of sp³-hybridized carbons (Fsp3) is 0.706. The fourth-order valence-electron chi connectivity index (χ4n) is 5.03. The van der Waals surface area contributed by atoms with Crippen molar-refractivity contribution in [3.05, 3.63) is 12.7 Å². The number of hydrogen-bond donors (Lipinski definition) is 0. The summed E-state index contributed by atoms with van der Waals surface area (Å²) in [7, 11) is 0. The van der Waals surface area contributed by atoms with Gasteiger partial charge in [0.25, 0.3) is 0 Å². The number of Topliss-reactive ketones (excluding diaryl/α,β-unsaturated/α-hetero) is 1. The minimum Gasteiger partial charge on any atom is -0.456 e. The molecule has 0 radical (unpaired) electrons. The van der Waals surface area contributed by atoms with Crippen LogP contribution < -0.4 is 0 Å². The third kappa shape index (κ3) is 2.18. The highest BCUT2D eigenvalue weighted by Gasteiger charge is 2.65. The summed E-state index contributed by atoms with van der Waals surface area (Å²) in [6.45, 7) is 6.89. The van der Waals surface area contributed by atoms with Crippen molar-refractivity contribution in [2.75, 3.05) is 6.61 Å². The zero-order valence-corrected chi connectivity index (χ0v) is 13.1. The van der Waals surface area contributed by atoms with Crippen molar-refractivity contribution >= 4 is 17.7 Å². The van der Waals surface area contributed by atoms with Gasteiger partial charge in [-0.1, -0.05) is 20.4 Å². The van der Waals surface area contributed by atoms with Gasteiger partial charge in [0.1, 0.15) is 11.4 Å². The summed E-state index contributed by atoms with van der Waals surface area (Å²) in [5.74, 6) is -0.377. The highest BCUT2D eigenvalue weighted by molar-refractivity contribution is 5.90. The van der Waals surface area contributed by atoms with Crippen molar-refractivity contribution in [2.45, 2.75) is 45.1 Å². The van der Waals surface area contributed by atoms with E-state index in [1.165, 1.54) is 0 Å². The van der Waals surface area contributed by atoms with Crippen LogP contribution in [0, 0.1) is 23.2 Å². The molecule has 5 unspecified atom stereocenters. The van der Waals surface area contributed by atoms with Crippen molar-refractivity contribution in [3.8, 4) is 0 Å². The number of hydrogen-bond acceptors (Lipinski definition) is 5. The van der Waals surface area contributed by atoms with Crippen LogP contribution in [0.2, 0.25) is 0 Å². The van der Waals surface area contributed by atoms with Gasteiger partial charge in [-0.15, -0.1) is 0 Å². The smallest absolute Gasteiger partial charge is 0.344 e. The van der Waals surface area contributed by atoms with Crippen molar-refractivity contribution in [1.82, 2.24) is 0 Å². The highest BCUT2D eigenvalue weighted by Crippen LogP contribution is 2.63. The summed E-state index contributed by atoms with van der Waals surface area (Å²) in [6.07, 6.45) is 4.24. The molecule has 0 aromatic rings. The van der Waals surface area contributed by atoms with Crippen molar-refractivity contribution in [2.24, 2.45) is 23.2 Å². The lowest BCUT2D eigenvalue weighted by Crippen LogP contribution is -2.65. The highest BCUT2D eigenvalue weighted by atomic mass is 16.6. The van der Waals surface area contributed by atoms with E-state index >= 15 is 0 Å². The SMILES string of the molecule is C=CC(=O)OCC(=O)OC12CC3CC(C(=O)C(C)(C3)C1)C2C. The van der Waals surface area contributed by atoms with Gasteiger partial charge in [-0.2, -0.15) is 0 Å². The molecule has 0 heterocycles. The minimum absolute atomic E-state index is 0.00484. The maximum absolute atomic E-state index is 12.6. The van der Waals surface area contributed by atoms with Crippen molar-refractivity contribution in [3.63, 3.8) is 0 Å². The van der Waals surface area contributed by atoms with Crippen LogP contribution >= 0.6 is 0 Å². The van der Waals surface area contributed by atoms with Crippen molar-refractivity contribution in [1.29, 1.82) is 0 Å². The molecule has 0 aromatic heterocycles. The molecule has 4 rings (SSSR count). The molecule has 4 fully saturated rings. The molecule has 4 aliphatic carbocycles. The van der Waals surface area contributed by atoms with E-state index in [4.69, 9.17) is 9.47 Å². The van der Waals surface area contributed by atoms with E-state index < -0.39 is 24.1 Å².